The van der Waals surface area contributed by atoms with Gasteiger partial charge in [-0.05, 0) is 55.9 Å². The van der Waals surface area contributed by atoms with E-state index < -0.39 is 10.0 Å². The van der Waals surface area contributed by atoms with Crippen LogP contribution in [0.4, 0.5) is 5.69 Å². The van der Waals surface area contributed by atoms with Crippen molar-refractivity contribution in [2.75, 3.05) is 5.43 Å². The van der Waals surface area contributed by atoms with Gasteiger partial charge in [0, 0.05) is 11.7 Å². The maximum absolute atomic E-state index is 12.2. The Bertz CT molecular complexity index is 505. The molecule has 1 aliphatic carbocycles. The molecule has 0 aliphatic heterocycles. The largest absolute Gasteiger partial charge is 0.324 e. The smallest absolute Gasteiger partial charge is 0.240 e. The van der Waals surface area contributed by atoms with Gasteiger partial charge in [-0.2, -0.15) is 0 Å². The summed E-state index contributed by atoms with van der Waals surface area (Å²) in [5, 5.41) is 0. The van der Waals surface area contributed by atoms with Crippen LogP contribution in [0.5, 0.6) is 0 Å². The molecular formula is C13H21N3O2S. The van der Waals surface area contributed by atoms with Gasteiger partial charge in [0.05, 0.1) is 4.90 Å². The third-order valence-electron chi connectivity index (χ3n) is 3.67. The number of hydrazine groups is 1. The summed E-state index contributed by atoms with van der Waals surface area (Å²) in [5.41, 5.74) is 3.16. The van der Waals surface area contributed by atoms with E-state index in [0.717, 1.165) is 25.7 Å². The van der Waals surface area contributed by atoms with E-state index in [9.17, 15) is 8.42 Å². The van der Waals surface area contributed by atoms with Gasteiger partial charge in [-0.15, -0.1) is 0 Å². The van der Waals surface area contributed by atoms with E-state index in [1.807, 2.05) is 0 Å². The van der Waals surface area contributed by atoms with Crippen molar-refractivity contribution in [3.63, 3.8) is 0 Å². The summed E-state index contributed by atoms with van der Waals surface area (Å²) >= 11 is 0. The fraction of sp³-hybridized carbons (Fsp3) is 0.538. The number of sulfonamides is 1. The van der Waals surface area contributed by atoms with E-state index in [2.05, 4.69) is 17.1 Å². The van der Waals surface area contributed by atoms with Crippen molar-refractivity contribution < 1.29 is 8.42 Å². The van der Waals surface area contributed by atoms with Crippen LogP contribution in [0, 0.1) is 5.92 Å². The zero-order valence-electron chi connectivity index (χ0n) is 11.1. The third kappa shape index (κ3) is 3.68. The van der Waals surface area contributed by atoms with Crippen LogP contribution in [0.15, 0.2) is 29.2 Å². The first-order valence-corrected chi connectivity index (χ1v) is 8.08. The summed E-state index contributed by atoms with van der Waals surface area (Å²) in [5.74, 6) is 5.96. The predicted octanol–water partition coefficient (Wildman–Crippen LogP) is 1.83. The van der Waals surface area contributed by atoms with Gasteiger partial charge in [0.15, 0.2) is 0 Å². The number of hydrogen-bond acceptors (Lipinski definition) is 4. The molecule has 1 aromatic carbocycles. The van der Waals surface area contributed by atoms with Crippen molar-refractivity contribution in [2.24, 2.45) is 11.8 Å². The predicted molar refractivity (Wildman–Crippen MR) is 76.0 cm³/mol. The first kappa shape index (κ1) is 14.3. The summed E-state index contributed by atoms with van der Waals surface area (Å²) in [6.07, 6.45) is 4.01. The molecule has 1 saturated carbocycles. The van der Waals surface area contributed by atoms with E-state index in [1.54, 1.807) is 24.3 Å². The van der Waals surface area contributed by atoms with Crippen molar-refractivity contribution in [1.29, 1.82) is 0 Å². The highest BCUT2D eigenvalue weighted by atomic mass is 32.2. The van der Waals surface area contributed by atoms with E-state index >= 15 is 0 Å². The fourth-order valence-corrected chi connectivity index (χ4v) is 3.70. The lowest BCUT2D eigenvalue weighted by atomic mass is 9.88. The van der Waals surface area contributed by atoms with Gasteiger partial charge < -0.3 is 5.43 Å². The number of hydrogen-bond donors (Lipinski definition) is 3. The zero-order chi connectivity index (χ0) is 13.9. The average molecular weight is 283 g/mol. The minimum absolute atomic E-state index is 0.0634. The molecule has 5 nitrogen and oxygen atoms in total. The maximum Gasteiger partial charge on any atom is 0.240 e. The van der Waals surface area contributed by atoms with Crippen LogP contribution >= 0.6 is 0 Å². The Balaban J connectivity index is 2.05. The Morgan fingerprint density at radius 3 is 2.21 bits per heavy atom. The first-order valence-electron chi connectivity index (χ1n) is 6.60. The number of anilines is 1. The molecule has 0 heterocycles. The van der Waals surface area contributed by atoms with Crippen molar-refractivity contribution in [2.45, 2.75) is 43.5 Å². The standard InChI is InChI=1S/C13H21N3O2S/c1-10-2-4-12(5-3-10)16-19(17,18)13-8-6-11(15-14)7-9-13/h6-10,12,15-16H,2-5,14H2,1H3. The van der Waals surface area contributed by atoms with Crippen LogP contribution in [-0.4, -0.2) is 14.5 Å². The monoisotopic (exact) mass is 283 g/mol. The molecule has 2 rings (SSSR count). The topological polar surface area (TPSA) is 84.2 Å². The lowest BCUT2D eigenvalue weighted by Crippen LogP contribution is -2.37. The molecule has 0 spiro atoms. The van der Waals surface area contributed by atoms with Gasteiger partial charge in [0.2, 0.25) is 10.0 Å². The Morgan fingerprint density at radius 1 is 1.11 bits per heavy atom. The number of benzene rings is 1. The van der Waals surface area contributed by atoms with Gasteiger partial charge in [-0.1, -0.05) is 6.92 Å². The molecule has 0 radical (unpaired) electrons. The summed E-state index contributed by atoms with van der Waals surface area (Å²) < 4.78 is 27.2. The summed E-state index contributed by atoms with van der Waals surface area (Å²) in [7, 11) is -3.42. The van der Waals surface area contributed by atoms with Gasteiger partial charge in [0.1, 0.15) is 0 Å². The van der Waals surface area contributed by atoms with E-state index in [0.29, 0.717) is 11.6 Å². The van der Waals surface area contributed by atoms with Crippen molar-refractivity contribution in [1.82, 2.24) is 4.72 Å². The van der Waals surface area contributed by atoms with Crippen LogP contribution in [0.25, 0.3) is 0 Å². The molecule has 0 saturated heterocycles. The number of nitrogens with two attached hydrogens (primary N) is 1. The maximum atomic E-state index is 12.2. The van der Waals surface area contributed by atoms with Crippen molar-refractivity contribution >= 4 is 15.7 Å². The molecule has 0 amide bonds. The Kier molecular flexibility index (Phi) is 4.44. The molecule has 1 fully saturated rings. The quantitative estimate of drug-likeness (QED) is 0.581. The highest BCUT2D eigenvalue weighted by Crippen LogP contribution is 2.25. The second-order valence-electron chi connectivity index (χ2n) is 5.25. The highest BCUT2D eigenvalue weighted by Gasteiger charge is 2.23. The van der Waals surface area contributed by atoms with Crippen LogP contribution in [0.1, 0.15) is 32.6 Å². The lowest BCUT2D eigenvalue weighted by Gasteiger charge is -2.26. The second-order valence-corrected chi connectivity index (χ2v) is 6.96. The number of rotatable bonds is 4. The SMILES string of the molecule is CC1CCC(NS(=O)(=O)c2ccc(NN)cc2)CC1. The molecule has 4 N–H and O–H groups in total. The lowest BCUT2D eigenvalue weighted by molar-refractivity contribution is 0.332. The molecule has 0 atom stereocenters. The Hall–Kier alpha value is -1.11. The van der Waals surface area contributed by atoms with Gasteiger partial charge >= 0.3 is 0 Å². The van der Waals surface area contributed by atoms with Crippen LogP contribution < -0.4 is 16.0 Å². The van der Waals surface area contributed by atoms with Crippen LogP contribution in [0.3, 0.4) is 0 Å². The summed E-state index contributed by atoms with van der Waals surface area (Å²) in [4.78, 5) is 0.283. The average Bonchev–Trinajstić information content (AvgIpc) is 2.41. The molecule has 6 heteroatoms. The summed E-state index contributed by atoms with van der Waals surface area (Å²) in [6, 6.07) is 6.48. The van der Waals surface area contributed by atoms with Gasteiger partial charge in [-0.25, -0.2) is 13.1 Å². The Labute approximate surface area is 114 Å². The minimum Gasteiger partial charge on any atom is -0.324 e. The molecular weight excluding hydrogens is 262 g/mol. The van der Waals surface area contributed by atoms with E-state index in [1.165, 1.54) is 0 Å². The molecule has 0 unspecified atom stereocenters. The van der Waals surface area contributed by atoms with Crippen LogP contribution in [0.2, 0.25) is 0 Å². The highest BCUT2D eigenvalue weighted by molar-refractivity contribution is 7.89. The van der Waals surface area contributed by atoms with E-state index in [4.69, 9.17) is 5.84 Å². The molecule has 1 aliphatic rings. The number of nitrogen functional groups attached to an aromatic ring is 1. The molecule has 0 bridgehead atoms. The van der Waals surface area contributed by atoms with E-state index in [-0.39, 0.29) is 10.9 Å². The third-order valence-corrected chi connectivity index (χ3v) is 5.21. The normalized spacial score (nSPS) is 24.1. The van der Waals surface area contributed by atoms with Gasteiger partial charge in [0.25, 0.3) is 0 Å². The Morgan fingerprint density at radius 2 is 1.68 bits per heavy atom. The zero-order valence-corrected chi connectivity index (χ0v) is 11.9. The molecule has 0 aromatic heterocycles. The van der Waals surface area contributed by atoms with Crippen molar-refractivity contribution in [3.05, 3.63) is 24.3 Å². The number of nitrogens with one attached hydrogen (secondary N) is 2. The fourth-order valence-electron chi connectivity index (χ4n) is 2.40. The van der Waals surface area contributed by atoms with Crippen LogP contribution in [-0.2, 0) is 10.0 Å². The second kappa shape index (κ2) is 5.90. The molecule has 1 aromatic rings. The minimum atomic E-state index is -3.42. The molecule has 106 valence electrons. The summed E-state index contributed by atoms with van der Waals surface area (Å²) in [6.45, 7) is 2.21. The molecule has 19 heavy (non-hydrogen) atoms. The van der Waals surface area contributed by atoms with Gasteiger partial charge in [-0.3, -0.25) is 5.84 Å². The van der Waals surface area contributed by atoms with Crippen molar-refractivity contribution in [3.8, 4) is 0 Å². The first-order chi connectivity index (χ1) is 9.01.